The van der Waals surface area contributed by atoms with E-state index >= 15 is 0 Å². The molecule has 1 aromatic carbocycles. The molecule has 0 amide bonds. The molecule has 100 valence electrons. The summed E-state index contributed by atoms with van der Waals surface area (Å²) in [5.74, 6) is 0. The van der Waals surface area contributed by atoms with Crippen LogP contribution in [0.4, 0.5) is 0 Å². The highest BCUT2D eigenvalue weighted by Gasteiger charge is 2.28. The van der Waals surface area contributed by atoms with E-state index in [0.717, 1.165) is 0 Å². The standard InChI is InChI=1S/C13H20N2O3/c1-14-12-13(15-2)18-11(16-9-17-12)8-10-6-4-3-5-7-10/h3-7,11-15H,8-9H2,1-2H3. The Bertz CT molecular complexity index is 347. The number of benzene rings is 1. The van der Waals surface area contributed by atoms with Gasteiger partial charge in [0.05, 0.1) is 0 Å². The van der Waals surface area contributed by atoms with Crippen LogP contribution < -0.4 is 10.6 Å². The lowest BCUT2D eigenvalue weighted by molar-refractivity contribution is -0.167. The average Bonchev–Trinajstić information content (AvgIpc) is 2.61. The zero-order valence-electron chi connectivity index (χ0n) is 10.8. The van der Waals surface area contributed by atoms with E-state index in [1.165, 1.54) is 5.56 Å². The second-order valence-electron chi connectivity index (χ2n) is 4.13. The van der Waals surface area contributed by atoms with E-state index < -0.39 is 0 Å². The molecular weight excluding hydrogens is 232 g/mol. The van der Waals surface area contributed by atoms with Crippen LogP contribution in [0.3, 0.4) is 0 Å². The van der Waals surface area contributed by atoms with Gasteiger partial charge in [0, 0.05) is 6.42 Å². The highest BCUT2D eigenvalue weighted by atomic mass is 16.8. The summed E-state index contributed by atoms with van der Waals surface area (Å²) in [6, 6.07) is 10.1. The molecule has 18 heavy (non-hydrogen) atoms. The highest BCUT2D eigenvalue weighted by Crippen LogP contribution is 2.14. The summed E-state index contributed by atoms with van der Waals surface area (Å²) in [5, 5.41) is 6.11. The lowest BCUT2D eigenvalue weighted by atomic mass is 10.1. The smallest absolute Gasteiger partial charge is 0.166 e. The first-order chi connectivity index (χ1) is 8.83. The van der Waals surface area contributed by atoms with E-state index in [2.05, 4.69) is 22.8 Å². The molecule has 1 fully saturated rings. The summed E-state index contributed by atoms with van der Waals surface area (Å²) in [4.78, 5) is 0. The fourth-order valence-electron chi connectivity index (χ4n) is 1.92. The fourth-order valence-corrected chi connectivity index (χ4v) is 1.92. The lowest BCUT2D eigenvalue weighted by Gasteiger charge is -2.24. The Morgan fingerprint density at radius 3 is 2.44 bits per heavy atom. The Hall–Kier alpha value is -0.980. The molecule has 0 aliphatic carbocycles. The van der Waals surface area contributed by atoms with Crippen molar-refractivity contribution >= 4 is 0 Å². The third-order valence-electron chi connectivity index (χ3n) is 2.89. The summed E-state index contributed by atoms with van der Waals surface area (Å²) in [6.45, 7) is 0.223. The molecule has 0 bridgehead atoms. The molecule has 5 nitrogen and oxygen atoms in total. The molecule has 0 aromatic heterocycles. The van der Waals surface area contributed by atoms with Gasteiger partial charge in [-0.25, -0.2) is 0 Å². The van der Waals surface area contributed by atoms with Crippen LogP contribution in [0.15, 0.2) is 30.3 Å². The molecule has 1 saturated heterocycles. The lowest BCUT2D eigenvalue weighted by Crippen LogP contribution is -2.48. The zero-order chi connectivity index (χ0) is 12.8. The molecule has 2 rings (SSSR count). The van der Waals surface area contributed by atoms with Gasteiger partial charge >= 0.3 is 0 Å². The van der Waals surface area contributed by atoms with Crippen molar-refractivity contribution in [1.82, 2.24) is 10.6 Å². The number of hydrogen-bond acceptors (Lipinski definition) is 5. The molecular formula is C13H20N2O3. The topological polar surface area (TPSA) is 51.8 Å². The van der Waals surface area contributed by atoms with Crippen molar-refractivity contribution in [1.29, 1.82) is 0 Å². The van der Waals surface area contributed by atoms with E-state index in [1.54, 1.807) is 0 Å². The molecule has 5 heteroatoms. The van der Waals surface area contributed by atoms with Crippen molar-refractivity contribution in [3.8, 4) is 0 Å². The van der Waals surface area contributed by atoms with Crippen LogP contribution in [0.2, 0.25) is 0 Å². The molecule has 3 atom stereocenters. The van der Waals surface area contributed by atoms with Gasteiger partial charge in [0.1, 0.15) is 0 Å². The van der Waals surface area contributed by atoms with Crippen LogP contribution in [0.1, 0.15) is 5.56 Å². The predicted molar refractivity (Wildman–Crippen MR) is 67.8 cm³/mol. The van der Waals surface area contributed by atoms with Gasteiger partial charge in [0.2, 0.25) is 0 Å². The van der Waals surface area contributed by atoms with Crippen molar-refractivity contribution in [3.05, 3.63) is 35.9 Å². The summed E-state index contributed by atoms with van der Waals surface area (Å²) in [6.07, 6.45) is -0.0380. The third-order valence-corrected chi connectivity index (χ3v) is 2.89. The molecule has 1 aliphatic heterocycles. The minimum absolute atomic E-state index is 0.212. The van der Waals surface area contributed by atoms with Gasteiger partial charge in [-0.15, -0.1) is 0 Å². The molecule has 3 unspecified atom stereocenters. The molecule has 0 spiro atoms. The van der Waals surface area contributed by atoms with E-state index in [0.29, 0.717) is 6.42 Å². The van der Waals surface area contributed by atoms with Gasteiger partial charge in [-0.2, -0.15) is 0 Å². The summed E-state index contributed by atoms with van der Waals surface area (Å²) < 4.78 is 16.9. The molecule has 1 aromatic rings. The van der Waals surface area contributed by atoms with Crippen LogP contribution in [0.5, 0.6) is 0 Å². The third kappa shape index (κ3) is 3.51. The van der Waals surface area contributed by atoms with E-state index in [4.69, 9.17) is 14.2 Å². The van der Waals surface area contributed by atoms with E-state index in [9.17, 15) is 0 Å². The number of nitrogens with one attached hydrogen (secondary N) is 2. The van der Waals surface area contributed by atoms with E-state index in [1.807, 2.05) is 32.3 Å². The van der Waals surface area contributed by atoms with Gasteiger partial charge in [-0.05, 0) is 19.7 Å². The highest BCUT2D eigenvalue weighted by molar-refractivity contribution is 5.15. The maximum absolute atomic E-state index is 5.85. The summed E-state index contributed by atoms with van der Waals surface area (Å²) in [7, 11) is 3.67. The maximum atomic E-state index is 5.85. The first kappa shape index (κ1) is 13.5. The van der Waals surface area contributed by atoms with E-state index in [-0.39, 0.29) is 25.5 Å². The second kappa shape index (κ2) is 6.82. The van der Waals surface area contributed by atoms with Crippen molar-refractivity contribution in [3.63, 3.8) is 0 Å². The fraction of sp³-hybridized carbons (Fsp3) is 0.538. The van der Waals surface area contributed by atoms with Crippen LogP contribution in [-0.4, -0.2) is 39.6 Å². The Labute approximate surface area is 107 Å². The number of likely N-dealkylation sites (N-methyl/N-ethyl adjacent to an activating group) is 2. The van der Waals surface area contributed by atoms with Crippen molar-refractivity contribution < 1.29 is 14.2 Å². The SMILES string of the molecule is CNC1OCOC(Cc2ccccc2)OC1NC. The Morgan fingerprint density at radius 2 is 1.78 bits per heavy atom. The van der Waals surface area contributed by atoms with Crippen molar-refractivity contribution in [2.75, 3.05) is 20.9 Å². The predicted octanol–water partition coefficient (Wildman–Crippen LogP) is 0.667. The van der Waals surface area contributed by atoms with Crippen LogP contribution in [0.25, 0.3) is 0 Å². The van der Waals surface area contributed by atoms with Crippen LogP contribution in [-0.2, 0) is 20.6 Å². The summed E-state index contributed by atoms with van der Waals surface area (Å²) in [5.41, 5.74) is 1.18. The number of hydrogen-bond donors (Lipinski definition) is 2. The van der Waals surface area contributed by atoms with Gasteiger partial charge in [-0.3, -0.25) is 10.6 Å². The molecule has 1 heterocycles. The molecule has 0 saturated carbocycles. The zero-order valence-corrected chi connectivity index (χ0v) is 10.8. The first-order valence-corrected chi connectivity index (χ1v) is 6.10. The van der Waals surface area contributed by atoms with Crippen LogP contribution >= 0.6 is 0 Å². The number of ether oxygens (including phenoxy) is 3. The van der Waals surface area contributed by atoms with Gasteiger partial charge < -0.3 is 14.2 Å². The number of rotatable bonds is 4. The van der Waals surface area contributed by atoms with Crippen molar-refractivity contribution in [2.24, 2.45) is 0 Å². The molecule has 1 aliphatic rings. The monoisotopic (exact) mass is 252 g/mol. The Morgan fingerprint density at radius 1 is 1.06 bits per heavy atom. The average molecular weight is 252 g/mol. The molecule has 2 N–H and O–H groups in total. The van der Waals surface area contributed by atoms with Gasteiger partial charge in [0.25, 0.3) is 0 Å². The van der Waals surface area contributed by atoms with Gasteiger partial charge in [0.15, 0.2) is 25.5 Å². The minimum atomic E-state index is -0.303. The Kier molecular flexibility index (Phi) is 5.10. The maximum Gasteiger partial charge on any atom is 0.166 e. The summed E-state index contributed by atoms with van der Waals surface area (Å²) >= 11 is 0. The quantitative estimate of drug-likeness (QED) is 0.825. The largest absolute Gasteiger partial charge is 0.333 e. The first-order valence-electron chi connectivity index (χ1n) is 6.10. The normalized spacial score (nSPS) is 28.9. The van der Waals surface area contributed by atoms with Crippen molar-refractivity contribution in [2.45, 2.75) is 25.2 Å². The second-order valence-corrected chi connectivity index (χ2v) is 4.13. The Balaban J connectivity index is 1.97. The van der Waals surface area contributed by atoms with Crippen LogP contribution in [0, 0.1) is 0 Å². The van der Waals surface area contributed by atoms with Gasteiger partial charge in [-0.1, -0.05) is 30.3 Å². The molecule has 0 radical (unpaired) electrons. The minimum Gasteiger partial charge on any atom is -0.333 e.